The van der Waals surface area contributed by atoms with Crippen molar-refractivity contribution in [2.24, 2.45) is 5.73 Å². The number of rotatable bonds is 7. The molecule has 5 N–H and O–H groups in total. The average molecular weight is 542 g/mol. The number of nitrogens with two attached hydrogens (primary N) is 1. The lowest BCUT2D eigenvalue weighted by molar-refractivity contribution is -0.192. The molecular weight excluding hydrogens is 523 g/mol. The minimum atomic E-state index is -5.08. The van der Waals surface area contributed by atoms with Crippen molar-refractivity contribution in [3.8, 4) is 21.7 Å². The van der Waals surface area contributed by atoms with Gasteiger partial charge in [-0.15, -0.1) is 11.3 Å². The van der Waals surface area contributed by atoms with Gasteiger partial charge < -0.3 is 10.8 Å². The number of carboxylic acid groups (broad SMARTS) is 1. The Morgan fingerprint density at radius 1 is 1.11 bits per heavy atom. The van der Waals surface area contributed by atoms with Crippen LogP contribution in [0.5, 0.6) is 0 Å². The van der Waals surface area contributed by atoms with E-state index in [0.29, 0.717) is 0 Å². The third-order valence-electron chi connectivity index (χ3n) is 4.90. The molecule has 0 aliphatic carbocycles. The third-order valence-corrected chi connectivity index (χ3v) is 6.02. The topological polar surface area (TPSA) is 143 Å². The van der Waals surface area contributed by atoms with Crippen LogP contribution in [-0.4, -0.2) is 48.8 Å². The summed E-state index contributed by atoms with van der Waals surface area (Å²) in [4.78, 5) is 23.0. The number of halogens is 5. The molecule has 9 nitrogen and oxygen atoms in total. The molecule has 0 fully saturated rings. The summed E-state index contributed by atoms with van der Waals surface area (Å²) in [6, 6.07) is 13.8. The number of carboxylic acids is 1. The summed E-state index contributed by atoms with van der Waals surface area (Å²) in [5.74, 6) is -2.53. The van der Waals surface area contributed by atoms with Crippen molar-refractivity contribution in [2.45, 2.75) is 19.1 Å². The Balaban J connectivity index is 0.000000479. The molecule has 0 unspecified atom stereocenters. The summed E-state index contributed by atoms with van der Waals surface area (Å²) in [6.45, 7) is -0.0550. The second kappa shape index (κ2) is 11.7. The van der Waals surface area contributed by atoms with Crippen molar-refractivity contribution in [3.05, 3.63) is 81.5 Å². The largest absolute Gasteiger partial charge is 0.490 e. The Bertz CT molecular complexity index is 1440. The number of aromatic nitrogens is 5. The van der Waals surface area contributed by atoms with Gasteiger partial charge in [-0.3, -0.25) is 9.67 Å². The quantitative estimate of drug-likeness (QED) is 0.260. The van der Waals surface area contributed by atoms with Crippen LogP contribution in [0.2, 0.25) is 0 Å². The Labute approximate surface area is 209 Å². The number of benzene rings is 1. The smallest absolute Gasteiger partial charge is 0.475 e. The lowest BCUT2D eigenvalue weighted by Crippen LogP contribution is -2.21. The molecule has 15 heteroatoms. The van der Waals surface area contributed by atoms with E-state index in [1.807, 2.05) is 36.4 Å². The van der Waals surface area contributed by atoms with Gasteiger partial charge in [-0.2, -0.15) is 32.1 Å². The maximum Gasteiger partial charge on any atom is 0.490 e. The van der Waals surface area contributed by atoms with Crippen LogP contribution in [0, 0.1) is 0 Å². The molecule has 0 aliphatic rings. The minimum Gasteiger partial charge on any atom is -0.475 e. The van der Waals surface area contributed by atoms with Gasteiger partial charge in [0, 0.05) is 40.1 Å². The number of thiophene rings is 1. The highest BCUT2D eigenvalue weighted by atomic mass is 32.1. The number of H-pyrrole nitrogens is 2. The normalized spacial score (nSPS) is 11.1. The number of alkyl halides is 3. The number of carbonyl (C=O) groups is 1. The van der Waals surface area contributed by atoms with E-state index < -0.39 is 23.9 Å². The van der Waals surface area contributed by atoms with Crippen molar-refractivity contribution in [2.75, 3.05) is 6.54 Å². The van der Waals surface area contributed by atoms with E-state index in [9.17, 15) is 26.7 Å². The Morgan fingerprint density at radius 2 is 1.81 bits per heavy atom. The van der Waals surface area contributed by atoms with Gasteiger partial charge in [0.25, 0.3) is 6.08 Å². The fourth-order valence-electron chi connectivity index (χ4n) is 3.09. The standard InChI is InChI=1S/C20H18F2N6OS.C2HF3O2/c21-19(22)14(10-23)9-18-26-27-20(29)28(18)11-15-4-5-17(30-15)13-3-1-2-12(8-13)16-6-7-24-25-16;3-2(4,5)1(6)7/h1-8H,9-11,23H2,(H,24,25)(H,27,29);(H,6,7). The first-order valence-corrected chi connectivity index (χ1v) is 11.2. The average Bonchev–Trinajstić information content (AvgIpc) is 3.61. The van der Waals surface area contributed by atoms with E-state index in [4.69, 9.17) is 15.6 Å². The highest BCUT2D eigenvalue weighted by Crippen LogP contribution is 2.31. The summed E-state index contributed by atoms with van der Waals surface area (Å²) in [5.41, 5.74) is 7.67. The summed E-state index contributed by atoms with van der Waals surface area (Å²) in [7, 11) is 0. The Hall–Kier alpha value is -4.11. The first-order chi connectivity index (χ1) is 17.5. The molecule has 0 amide bonds. The molecule has 0 radical (unpaired) electrons. The highest BCUT2D eigenvalue weighted by molar-refractivity contribution is 7.15. The molecule has 37 heavy (non-hydrogen) atoms. The van der Waals surface area contributed by atoms with Crippen LogP contribution in [0.15, 0.2) is 65.1 Å². The van der Waals surface area contributed by atoms with Gasteiger partial charge >= 0.3 is 17.8 Å². The number of aromatic amines is 2. The van der Waals surface area contributed by atoms with Crippen LogP contribution < -0.4 is 11.4 Å². The Morgan fingerprint density at radius 3 is 2.41 bits per heavy atom. The predicted molar refractivity (Wildman–Crippen MR) is 125 cm³/mol. The van der Waals surface area contributed by atoms with Crippen molar-refractivity contribution in [1.29, 1.82) is 0 Å². The van der Waals surface area contributed by atoms with Crippen molar-refractivity contribution in [1.82, 2.24) is 25.0 Å². The molecule has 3 heterocycles. The van der Waals surface area contributed by atoms with E-state index in [1.165, 1.54) is 15.9 Å². The maximum atomic E-state index is 12.9. The summed E-state index contributed by atoms with van der Waals surface area (Å²) in [5, 5.41) is 20.3. The van der Waals surface area contributed by atoms with Gasteiger partial charge in [-0.05, 0) is 29.8 Å². The molecule has 0 saturated heterocycles. The van der Waals surface area contributed by atoms with E-state index >= 15 is 0 Å². The molecule has 0 spiro atoms. The second-order valence-electron chi connectivity index (χ2n) is 7.40. The number of hydrogen-bond acceptors (Lipinski definition) is 6. The van der Waals surface area contributed by atoms with Crippen LogP contribution in [0.1, 0.15) is 10.7 Å². The molecule has 0 bridgehead atoms. The number of nitrogens with one attached hydrogen (secondary N) is 2. The lowest BCUT2D eigenvalue weighted by Gasteiger charge is -2.06. The molecule has 3 aromatic heterocycles. The molecule has 0 aliphatic heterocycles. The first-order valence-electron chi connectivity index (χ1n) is 10.4. The monoisotopic (exact) mass is 542 g/mol. The van der Waals surface area contributed by atoms with Crippen LogP contribution in [-0.2, 0) is 17.8 Å². The summed E-state index contributed by atoms with van der Waals surface area (Å²) in [6.07, 6.45) is -5.40. The van der Waals surface area contributed by atoms with E-state index in [-0.39, 0.29) is 30.9 Å². The third kappa shape index (κ3) is 7.20. The molecule has 0 atom stereocenters. The first kappa shape index (κ1) is 27.5. The summed E-state index contributed by atoms with van der Waals surface area (Å²) >= 11 is 1.53. The van der Waals surface area contributed by atoms with Gasteiger partial charge in [-0.1, -0.05) is 18.2 Å². The van der Waals surface area contributed by atoms with Crippen molar-refractivity contribution < 1.29 is 31.9 Å². The maximum absolute atomic E-state index is 12.9. The van der Waals surface area contributed by atoms with Crippen LogP contribution in [0.3, 0.4) is 0 Å². The van der Waals surface area contributed by atoms with Gasteiger partial charge in [0.15, 0.2) is 0 Å². The molecule has 196 valence electrons. The molecular formula is C22H19F5N6O3S. The Kier molecular flexibility index (Phi) is 8.73. The van der Waals surface area contributed by atoms with E-state index in [1.54, 1.807) is 6.20 Å². The second-order valence-corrected chi connectivity index (χ2v) is 8.56. The molecule has 1 aromatic carbocycles. The van der Waals surface area contributed by atoms with E-state index in [0.717, 1.165) is 26.6 Å². The zero-order chi connectivity index (χ0) is 27.2. The number of aliphatic carboxylic acids is 1. The fourth-order valence-corrected chi connectivity index (χ4v) is 4.08. The predicted octanol–water partition coefficient (Wildman–Crippen LogP) is 4.02. The van der Waals surface area contributed by atoms with Gasteiger partial charge in [0.1, 0.15) is 5.82 Å². The van der Waals surface area contributed by atoms with Gasteiger partial charge in [0.2, 0.25) is 0 Å². The highest BCUT2D eigenvalue weighted by Gasteiger charge is 2.38. The van der Waals surface area contributed by atoms with Crippen LogP contribution in [0.25, 0.3) is 21.7 Å². The molecule has 0 saturated carbocycles. The fraction of sp³-hybridized carbons (Fsp3) is 0.182. The van der Waals surface area contributed by atoms with Crippen LogP contribution in [0.4, 0.5) is 22.0 Å². The number of hydrogen-bond donors (Lipinski definition) is 4. The zero-order valence-corrected chi connectivity index (χ0v) is 19.5. The molecule has 4 rings (SSSR count). The summed E-state index contributed by atoms with van der Waals surface area (Å²) < 4.78 is 59.0. The van der Waals surface area contributed by atoms with Gasteiger partial charge in [0.05, 0.1) is 12.2 Å². The van der Waals surface area contributed by atoms with Gasteiger partial charge in [-0.25, -0.2) is 14.7 Å². The van der Waals surface area contributed by atoms with Crippen molar-refractivity contribution in [3.63, 3.8) is 0 Å². The number of nitrogens with zero attached hydrogens (tertiary/aromatic N) is 3. The van der Waals surface area contributed by atoms with Crippen molar-refractivity contribution >= 4 is 17.3 Å². The molecule has 4 aromatic rings. The van der Waals surface area contributed by atoms with E-state index in [2.05, 4.69) is 26.5 Å². The minimum absolute atomic E-state index is 0.179. The SMILES string of the molecule is NCC(Cc1n[nH]c(=O)n1Cc1ccc(-c2cccc(-c3ccn[nH]3)c2)s1)=C(F)F.O=C(O)C(F)(F)F. The zero-order valence-electron chi connectivity index (χ0n) is 18.7. The van der Waals surface area contributed by atoms with Crippen LogP contribution >= 0.6 is 11.3 Å². The lowest BCUT2D eigenvalue weighted by atomic mass is 10.1.